The third-order valence-corrected chi connectivity index (χ3v) is 2.68. The highest BCUT2D eigenvalue weighted by Gasteiger charge is 1.98. The van der Waals surface area contributed by atoms with Gasteiger partial charge in [0.2, 0.25) is 0 Å². The molecule has 0 atom stereocenters. The average molecular weight is 209 g/mol. The molecule has 16 heavy (non-hydrogen) atoms. The first-order valence-corrected chi connectivity index (χ1v) is 5.51. The fraction of sp³-hybridized carbons (Fsp3) is 0.133. The van der Waals surface area contributed by atoms with Crippen LogP contribution in [0, 0.1) is 0 Å². The van der Waals surface area contributed by atoms with Gasteiger partial charge in [0.1, 0.15) is 0 Å². The lowest BCUT2D eigenvalue weighted by Gasteiger charge is -2.02. The number of hydrogen-bond acceptors (Lipinski definition) is 1. The minimum absolute atomic E-state index is 1.02. The van der Waals surface area contributed by atoms with Crippen LogP contribution in [0.5, 0.6) is 0 Å². The van der Waals surface area contributed by atoms with Gasteiger partial charge in [0, 0.05) is 11.8 Å². The zero-order valence-corrected chi connectivity index (χ0v) is 9.48. The Labute approximate surface area is 96.5 Å². The highest BCUT2D eigenvalue weighted by molar-refractivity contribution is 5.62. The zero-order chi connectivity index (χ0) is 11.4. The zero-order valence-electron chi connectivity index (χ0n) is 9.48. The van der Waals surface area contributed by atoms with Crippen molar-refractivity contribution >= 4 is 6.08 Å². The van der Waals surface area contributed by atoms with Crippen LogP contribution in [-0.4, -0.2) is 4.98 Å². The van der Waals surface area contributed by atoms with Gasteiger partial charge in [-0.15, -0.1) is 0 Å². The molecule has 0 saturated carbocycles. The van der Waals surface area contributed by atoms with Crippen molar-refractivity contribution in [2.24, 2.45) is 0 Å². The van der Waals surface area contributed by atoms with Crippen molar-refractivity contribution in [2.45, 2.75) is 13.3 Å². The molecule has 0 radical (unpaired) electrons. The van der Waals surface area contributed by atoms with Crippen molar-refractivity contribution in [2.75, 3.05) is 0 Å². The van der Waals surface area contributed by atoms with Crippen molar-refractivity contribution in [1.82, 2.24) is 4.98 Å². The first-order chi connectivity index (χ1) is 7.83. The van der Waals surface area contributed by atoms with Gasteiger partial charge in [-0.1, -0.05) is 49.9 Å². The molecule has 1 heterocycles. The van der Waals surface area contributed by atoms with Gasteiger partial charge in [0.05, 0.1) is 5.69 Å². The molecule has 0 saturated heterocycles. The predicted molar refractivity (Wildman–Crippen MR) is 69.1 cm³/mol. The summed E-state index contributed by atoms with van der Waals surface area (Å²) in [5.74, 6) is 0. The van der Waals surface area contributed by atoms with Gasteiger partial charge >= 0.3 is 0 Å². The molecule has 0 aliphatic heterocycles. The van der Waals surface area contributed by atoms with E-state index in [-0.39, 0.29) is 0 Å². The quantitative estimate of drug-likeness (QED) is 0.745. The Balaban J connectivity index is 2.31. The van der Waals surface area contributed by atoms with E-state index in [0.29, 0.717) is 0 Å². The molecule has 0 aliphatic rings. The third kappa shape index (κ3) is 2.19. The monoisotopic (exact) mass is 209 g/mol. The van der Waals surface area contributed by atoms with Crippen molar-refractivity contribution in [1.29, 1.82) is 0 Å². The molecule has 0 spiro atoms. The summed E-state index contributed by atoms with van der Waals surface area (Å²) in [4.78, 5) is 4.45. The van der Waals surface area contributed by atoms with Crippen LogP contribution in [0.4, 0.5) is 0 Å². The lowest BCUT2D eigenvalue weighted by atomic mass is 10.1. The molecule has 0 bridgehead atoms. The Morgan fingerprint density at radius 3 is 2.38 bits per heavy atom. The molecule has 0 amide bonds. The van der Waals surface area contributed by atoms with Crippen molar-refractivity contribution in [3.63, 3.8) is 0 Å². The predicted octanol–water partition coefficient (Wildman–Crippen LogP) is 3.95. The normalized spacial score (nSPS) is 10.1. The molecule has 1 aromatic heterocycles. The molecule has 2 rings (SSSR count). The summed E-state index contributed by atoms with van der Waals surface area (Å²) < 4.78 is 0. The maximum Gasteiger partial charge on any atom is 0.0702 e. The Morgan fingerprint density at radius 1 is 1.12 bits per heavy atom. The number of pyridine rings is 1. The molecular formula is C15H15N. The van der Waals surface area contributed by atoms with Gasteiger partial charge in [-0.3, -0.25) is 4.98 Å². The highest BCUT2D eigenvalue weighted by atomic mass is 14.7. The van der Waals surface area contributed by atoms with Gasteiger partial charge in [-0.25, -0.2) is 0 Å². The summed E-state index contributed by atoms with van der Waals surface area (Å²) in [6.07, 6.45) is 4.82. The van der Waals surface area contributed by atoms with Gasteiger partial charge in [0.25, 0.3) is 0 Å². The number of aryl methyl sites for hydroxylation is 1. The van der Waals surface area contributed by atoms with Crippen LogP contribution in [0.15, 0.2) is 49.2 Å². The summed E-state index contributed by atoms with van der Waals surface area (Å²) in [6, 6.07) is 12.5. The van der Waals surface area contributed by atoms with E-state index in [0.717, 1.165) is 23.2 Å². The fourth-order valence-corrected chi connectivity index (χ4v) is 1.59. The second-order valence-electron chi connectivity index (χ2n) is 3.73. The number of nitrogens with zero attached hydrogens (tertiary/aromatic N) is 1. The minimum atomic E-state index is 1.02. The summed E-state index contributed by atoms with van der Waals surface area (Å²) in [5.41, 5.74) is 4.57. The standard InChI is InChI=1S/C15H15N/c1-3-12-5-8-14(9-6-12)15-10-7-13(4-2)11-16-15/h3,5-11H,1,4H2,2H3. The van der Waals surface area contributed by atoms with Gasteiger partial charge in [-0.2, -0.15) is 0 Å². The van der Waals surface area contributed by atoms with E-state index in [4.69, 9.17) is 0 Å². The van der Waals surface area contributed by atoms with E-state index < -0.39 is 0 Å². The number of hydrogen-bond donors (Lipinski definition) is 0. The molecule has 0 aliphatic carbocycles. The van der Waals surface area contributed by atoms with E-state index in [1.807, 2.05) is 12.3 Å². The number of benzene rings is 1. The second-order valence-corrected chi connectivity index (χ2v) is 3.73. The van der Waals surface area contributed by atoms with Crippen molar-refractivity contribution < 1.29 is 0 Å². The van der Waals surface area contributed by atoms with Crippen LogP contribution in [-0.2, 0) is 6.42 Å². The van der Waals surface area contributed by atoms with Crippen LogP contribution in [0.2, 0.25) is 0 Å². The Hall–Kier alpha value is -1.89. The molecule has 0 fully saturated rings. The summed E-state index contributed by atoms with van der Waals surface area (Å²) in [7, 11) is 0. The van der Waals surface area contributed by atoms with Gasteiger partial charge in [-0.05, 0) is 23.6 Å². The second kappa shape index (κ2) is 4.75. The first-order valence-electron chi connectivity index (χ1n) is 5.51. The lowest BCUT2D eigenvalue weighted by Crippen LogP contribution is -1.86. The third-order valence-electron chi connectivity index (χ3n) is 2.68. The van der Waals surface area contributed by atoms with E-state index in [9.17, 15) is 0 Å². The highest BCUT2D eigenvalue weighted by Crippen LogP contribution is 2.18. The topological polar surface area (TPSA) is 12.9 Å². The minimum Gasteiger partial charge on any atom is -0.256 e. The number of rotatable bonds is 3. The molecule has 1 nitrogen and oxygen atoms in total. The molecule has 2 aromatic rings. The Kier molecular flexibility index (Phi) is 3.16. The fourth-order valence-electron chi connectivity index (χ4n) is 1.59. The summed E-state index contributed by atoms with van der Waals surface area (Å²) >= 11 is 0. The van der Waals surface area contributed by atoms with Crippen molar-refractivity contribution in [3.05, 3.63) is 60.3 Å². The SMILES string of the molecule is C=Cc1ccc(-c2ccc(CC)cn2)cc1. The average Bonchev–Trinajstić information content (AvgIpc) is 2.39. The van der Waals surface area contributed by atoms with E-state index in [1.54, 1.807) is 0 Å². The summed E-state index contributed by atoms with van der Waals surface area (Å²) in [5, 5.41) is 0. The van der Waals surface area contributed by atoms with Crippen LogP contribution >= 0.6 is 0 Å². The largest absolute Gasteiger partial charge is 0.256 e. The van der Waals surface area contributed by atoms with Crippen molar-refractivity contribution in [3.8, 4) is 11.3 Å². The van der Waals surface area contributed by atoms with Gasteiger partial charge in [0.15, 0.2) is 0 Å². The van der Waals surface area contributed by atoms with Crippen LogP contribution in [0.3, 0.4) is 0 Å². The molecule has 1 heteroatoms. The maximum absolute atomic E-state index is 4.45. The van der Waals surface area contributed by atoms with Crippen LogP contribution < -0.4 is 0 Å². The smallest absolute Gasteiger partial charge is 0.0702 e. The molecule has 0 N–H and O–H groups in total. The Bertz CT molecular complexity index is 466. The first kappa shape index (κ1) is 10.6. The summed E-state index contributed by atoms with van der Waals surface area (Å²) in [6.45, 7) is 5.87. The Morgan fingerprint density at radius 2 is 1.88 bits per heavy atom. The lowest BCUT2D eigenvalue weighted by molar-refractivity contribution is 1.11. The van der Waals surface area contributed by atoms with E-state index >= 15 is 0 Å². The maximum atomic E-state index is 4.45. The van der Waals surface area contributed by atoms with Crippen LogP contribution in [0.1, 0.15) is 18.1 Å². The van der Waals surface area contributed by atoms with E-state index in [1.165, 1.54) is 5.56 Å². The molecule has 1 aromatic carbocycles. The molecule has 0 unspecified atom stereocenters. The molecular weight excluding hydrogens is 194 g/mol. The van der Waals surface area contributed by atoms with Crippen LogP contribution in [0.25, 0.3) is 17.3 Å². The van der Waals surface area contributed by atoms with Gasteiger partial charge < -0.3 is 0 Å². The molecule has 80 valence electrons. The number of aromatic nitrogens is 1. The van der Waals surface area contributed by atoms with E-state index in [2.05, 4.69) is 54.9 Å².